The van der Waals surface area contributed by atoms with Crippen LogP contribution in [0.1, 0.15) is 42.3 Å². The summed E-state index contributed by atoms with van der Waals surface area (Å²) in [6, 6.07) is 3.18. The molecule has 3 heterocycles. The molecule has 1 aliphatic carbocycles. The predicted octanol–water partition coefficient (Wildman–Crippen LogP) is 2.35. The summed E-state index contributed by atoms with van der Waals surface area (Å²) < 4.78 is 11.6. The third-order valence-corrected chi connectivity index (χ3v) is 6.73. The van der Waals surface area contributed by atoms with Gasteiger partial charge in [0.2, 0.25) is 5.91 Å². The van der Waals surface area contributed by atoms with Gasteiger partial charge in [-0.25, -0.2) is 0 Å². The Labute approximate surface area is 158 Å². The second-order valence-electron chi connectivity index (χ2n) is 7.55. The SMILES string of the molecule is CC1CCC2(CC1)OCC(C(=O)N1CCOCC1)N2C(=O)c1cccs1. The van der Waals surface area contributed by atoms with Crippen LogP contribution in [-0.4, -0.2) is 66.3 Å². The minimum absolute atomic E-state index is 0.00583. The van der Waals surface area contributed by atoms with Crippen molar-refractivity contribution in [1.82, 2.24) is 9.80 Å². The van der Waals surface area contributed by atoms with Gasteiger partial charge in [-0.05, 0) is 43.0 Å². The normalized spacial score (nSPS) is 32.2. The van der Waals surface area contributed by atoms with Crippen LogP contribution < -0.4 is 0 Å². The fourth-order valence-electron chi connectivity index (χ4n) is 4.28. The molecule has 1 spiro atoms. The molecule has 0 N–H and O–H groups in total. The van der Waals surface area contributed by atoms with Crippen molar-refractivity contribution < 1.29 is 19.1 Å². The Morgan fingerprint density at radius 1 is 1.23 bits per heavy atom. The summed E-state index contributed by atoms with van der Waals surface area (Å²) in [6.07, 6.45) is 3.65. The van der Waals surface area contributed by atoms with Crippen molar-refractivity contribution in [1.29, 1.82) is 0 Å². The number of hydrogen-bond acceptors (Lipinski definition) is 5. The van der Waals surface area contributed by atoms with Crippen LogP contribution in [0, 0.1) is 5.92 Å². The zero-order chi connectivity index (χ0) is 18.1. The molecule has 1 aromatic heterocycles. The molecule has 26 heavy (non-hydrogen) atoms. The maximum atomic E-state index is 13.3. The van der Waals surface area contributed by atoms with E-state index in [1.165, 1.54) is 11.3 Å². The molecule has 0 radical (unpaired) electrons. The Kier molecular flexibility index (Phi) is 5.03. The summed E-state index contributed by atoms with van der Waals surface area (Å²) in [6.45, 7) is 4.81. The zero-order valence-electron chi connectivity index (χ0n) is 15.2. The molecule has 1 aromatic rings. The summed E-state index contributed by atoms with van der Waals surface area (Å²) in [5, 5.41) is 1.90. The van der Waals surface area contributed by atoms with E-state index in [4.69, 9.17) is 9.47 Å². The molecule has 3 aliphatic rings. The number of hydrogen-bond donors (Lipinski definition) is 0. The van der Waals surface area contributed by atoms with Crippen molar-refractivity contribution in [3.05, 3.63) is 22.4 Å². The highest BCUT2D eigenvalue weighted by atomic mass is 32.1. The van der Waals surface area contributed by atoms with Gasteiger partial charge in [0.15, 0.2) is 0 Å². The van der Waals surface area contributed by atoms with Crippen LogP contribution in [0.25, 0.3) is 0 Å². The molecule has 3 fully saturated rings. The van der Waals surface area contributed by atoms with Gasteiger partial charge in [0.1, 0.15) is 11.8 Å². The quantitative estimate of drug-likeness (QED) is 0.793. The predicted molar refractivity (Wildman–Crippen MR) is 98.0 cm³/mol. The van der Waals surface area contributed by atoms with Crippen molar-refractivity contribution in [3.63, 3.8) is 0 Å². The Morgan fingerprint density at radius 3 is 2.62 bits per heavy atom. The van der Waals surface area contributed by atoms with E-state index in [2.05, 4.69) is 6.92 Å². The summed E-state index contributed by atoms with van der Waals surface area (Å²) >= 11 is 1.42. The van der Waals surface area contributed by atoms with E-state index in [-0.39, 0.29) is 11.8 Å². The van der Waals surface area contributed by atoms with Gasteiger partial charge in [-0.2, -0.15) is 0 Å². The second kappa shape index (κ2) is 7.29. The maximum absolute atomic E-state index is 13.3. The van der Waals surface area contributed by atoms with Gasteiger partial charge in [0, 0.05) is 13.1 Å². The zero-order valence-corrected chi connectivity index (χ0v) is 16.0. The number of amides is 2. The fraction of sp³-hybridized carbons (Fsp3) is 0.684. The highest BCUT2D eigenvalue weighted by molar-refractivity contribution is 7.12. The van der Waals surface area contributed by atoms with Crippen LogP contribution in [0.15, 0.2) is 17.5 Å². The summed E-state index contributed by atoms with van der Waals surface area (Å²) in [7, 11) is 0. The first kappa shape index (κ1) is 17.9. The van der Waals surface area contributed by atoms with E-state index in [9.17, 15) is 9.59 Å². The third-order valence-electron chi connectivity index (χ3n) is 5.87. The van der Waals surface area contributed by atoms with Crippen molar-refractivity contribution in [2.24, 2.45) is 5.92 Å². The van der Waals surface area contributed by atoms with Crippen LogP contribution in [-0.2, 0) is 14.3 Å². The number of nitrogens with zero attached hydrogens (tertiary/aromatic N) is 2. The van der Waals surface area contributed by atoms with E-state index in [1.54, 1.807) is 4.90 Å². The smallest absolute Gasteiger partial charge is 0.266 e. The van der Waals surface area contributed by atoms with Crippen molar-refractivity contribution in [2.45, 2.75) is 44.4 Å². The Hall–Kier alpha value is -1.44. The van der Waals surface area contributed by atoms with Crippen LogP contribution in [0.2, 0.25) is 0 Å². The molecule has 1 saturated carbocycles. The van der Waals surface area contributed by atoms with Gasteiger partial charge >= 0.3 is 0 Å². The lowest BCUT2D eigenvalue weighted by Crippen LogP contribution is -2.58. The van der Waals surface area contributed by atoms with Gasteiger partial charge in [-0.1, -0.05) is 13.0 Å². The first-order chi connectivity index (χ1) is 12.6. The van der Waals surface area contributed by atoms with Gasteiger partial charge in [0.05, 0.1) is 24.7 Å². The van der Waals surface area contributed by atoms with Crippen LogP contribution >= 0.6 is 11.3 Å². The van der Waals surface area contributed by atoms with E-state index >= 15 is 0 Å². The minimum atomic E-state index is -0.625. The average Bonchev–Trinajstić information content (AvgIpc) is 3.33. The average molecular weight is 378 g/mol. The first-order valence-corrected chi connectivity index (χ1v) is 10.4. The van der Waals surface area contributed by atoms with Crippen molar-refractivity contribution >= 4 is 23.2 Å². The monoisotopic (exact) mass is 378 g/mol. The van der Waals surface area contributed by atoms with E-state index in [1.807, 2.05) is 22.4 Å². The topological polar surface area (TPSA) is 59.1 Å². The van der Waals surface area contributed by atoms with E-state index in [0.717, 1.165) is 25.7 Å². The number of ether oxygens (including phenoxy) is 2. The first-order valence-electron chi connectivity index (χ1n) is 9.48. The number of morpholine rings is 1. The second-order valence-corrected chi connectivity index (χ2v) is 8.49. The summed E-state index contributed by atoms with van der Waals surface area (Å²) in [5.74, 6) is 0.560. The molecule has 0 bridgehead atoms. The molecule has 7 heteroatoms. The molecular formula is C19H26N2O4S. The lowest BCUT2D eigenvalue weighted by Gasteiger charge is -2.43. The molecule has 1 atom stereocenters. The molecule has 1 unspecified atom stereocenters. The molecule has 6 nitrogen and oxygen atoms in total. The highest BCUT2D eigenvalue weighted by Crippen LogP contribution is 2.43. The van der Waals surface area contributed by atoms with Crippen LogP contribution in [0.3, 0.4) is 0 Å². The Morgan fingerprint density at radius 2 is 1.96 bits per heavy atom. The number of thiophene rings is 1. The summed E-state index contributed by atoms with van der Waals surface area (Å²) in [4.78, 5) is 30.8. The molecule has 4 rings (SSSR count). The molecule has 2 amide bonds. The van der Waals surface area contributed by atoms with Crippen molar-refractivity contribution in [3.8, 4) is 0 Å². The molecule has 142 valence electrons. The van der Waals surface area contributed by atoms with Gasteiger partial charge < -0.3 is 14.4 Å². The number of rotatable bonds is 2. The Bertz CT molecular complexity index is 649. The highest BCUT2D eigenvalue weighted by Gasteiger charge is 2.54. The van der Waals surface area contributed by atoms with E-state index < -0.39 is 11.8 Å². The Balaban J connectivity index is 1.62. The molecule has 2 aliphatic heterocycles. The standard InChI is InChI=1S/C19H26N2O4S/c1-14-4-6-19(7-5-14)21(18(23)16-3-2-12-26-16)15(13-25-19)17(22)20-8-10-24-11-9-20/h2-3,12,14-15H,4-11,13H2,1H3. The van der Waals surface area contributed by atoms with Gasteiger partial charge in [-0.15, -0.1) is 11.3 Å². The fourth-order valence-corrected chi connectivity index (χ4v) is 4.94. The lowest BCUT2D eigenvalue weighted by atomic mass is 9.83. The van der Waals surface area contributed by atoms with Crippen LogP contribution in [0.5, 0.6) is 0 Å². The molecular weight excluding hydrogens is 352 g/mol. The molecule has 2 saturated heterocycles. The van der Waals surface area contributed by atoms with Crippen molar-refractivity contribution in [2.75, 3.05) is 32.9 Å². The largest absolute Gasteiger partial charge is 0.378 e. The number of carbonyl (C=O) groups is 2. The number of carbonyl (C=O) groups excluding carboxylic acids is 2. The van der Waals surface area contributed by atoms with E-state index in [0.29, 0.717) is 43.7 Å². The molecule has 0 aromatic carbocycles. The van der Waals surface area contributed by atoms with Gasteiger partial charge in [-0.3, -0.25) is 14.5 Å². The van der Waals surface area contributed by atoms with Gasteiger partial charge in [0.25, 0.3) is 5.91 Å². The lowest BCUT2D eigenvalue weighted by molar-refractivity contribution is -0.141. The minimum Gasteiger partial charge on any atom is -0.378 e. The third kappa shape index (κ3) is 3.17. The van der Waals surface area contributed by atoms with Crippen LogP contribution in [0.4, 0.5) is 0 Å². The maximum Gasteiger partial charge on any atom is 0.266 e. The summed E-state index contributed by atoms with van der Waals surface area (Å²) in [5.41, 5.74) is -0.625.